The number of allylic oxidation sites excluding steroid dienone is 1. The monoisotopic (exact) mass is 1050 g/mol. The van der Waals surface area contributed by atoms with Gasteiger partial charge in [0, 0.05) is 12.3 Å². The third-order valence-corrected chi connectivity index (χ3v) is 19.5. The number of hydrogen-bond acceptors (Lipinski definition) is 23. The summed E-state index contributed by atoms with van der Waals surface area (Å²) in [6.45, 7) is 6.89. The van der Waals surface area contributed by atoms with Crippen molar-refractivity contribution in [3.8, 4) is 0 Å². The number of fused-ring (bicyclic) bond motifs is 7. The number of ether oxygens (including phenoxy) is 10. The number of rotatable bonds is 11. The summed E-state index contributed by atoms with van der Waals surface area (Å²) in [4.78, 5) is 0. The van der Waals surface area contributed by atoms with Gasteiger partial charge in [-0.15, -0.1) is 0 Å². The van der Waals surface area contributed by atoms with Crippen LogP contribution in [0.3, 0.4) is 0 Å². The van der Waals surface area contributed by atoms with E-state index in [1.54, 1.807) is 0 Å². The van der Waals surface area contributed by atoms with Crippen LogP contribution in [0.4, 0.5) is 0 Å². The first-order chi connectivity index (χ1) is 34.7. The summed E-state index contributed by atoms with van der Waals surface area (Å²) in [5, 5.41) is 141. The fourth-order valence-corrected chi connectivity index (χ4v) is 15.3. The van der Waals surface area contributed by atoms with Crippen molar-refractivity contribution in [1.82, 2.24) is 0 Å². The maximum Gasteiger partial charge on any atom is 0.187 e. The summed E-state index contributed by atoms with van der Waals surface area (Å²) in [6, 6.07) is 0. The molecule has 10 rings (SSSR count). The zero-order chi connectivity index (χ0) is 52.2. The van der Waals surface area contributed by atoms with Crippen molar-refractivity contribution in [2.75, 3.05) is 33.0 Å². The van der Waals surface area contributed by atoms with Crippen LogP contribution in [0.25, 0.3) is 0 Å². The molecular weight excluding hydrogens is 969 g/mol. The van der Waals surface area contributed by atoms with Crippen molar-refractivity contribution in [2.24, 2.45) is 46.3 Å². The summed E-state index contributed by atoms with van der Waals surface area (Å²) in [5.74, 6) is 1.91. The Bertz CT molecular complexity index is 1920. The Labute approximate surface area is 423 Å². The molecular formula is C50H80O23. The smallest absolute Gasteiger partial charge is 0.187 e. The molecule has 6 aliphatic heterocycles. The third-order valence-electron chi connectivity index (χ3n) is 19.5. The summed E-state index contributed by atoms with van der Waals surface area (Å²) >= 11 is 0. The van der Waals surface area contributed by atoms with Crippen LogP contribution >= 0.6 is 0 Å². The largest absolute Gasteiger partial charge is 0.394 e. The first-order valence-electron chi connectivity index (χ1n) is 26.5. The second-order valence-corrected chi connectivity index (χ2v) is 23.6. The Morgan fingerprint density at radius 3 is 1.93 bits per heavy atom. The maximum atomic E-state index is 11.9. The predicted molar refractivity (Wildman–Crippen MR) is 244 cm³/mol. The number of hydrogen-bond donors (Lipinski definition) is 13. The van der Waals surface area contributed by atoms with Crippen LogP contribution in [0.15, 0.2) is 11.6 Å². The molecule has 31 atom stereocenters. The SMILES string of the molecule is C[C@@H]1CC[C@@]2(OC1)O[C@H]1C[C@H]3[C@@H]4CC=C5C[C@@H](O[C@@H]6O[C@H](CO)[C@H](O[C@@H]7O[C@H](CO)[C@@H](O)[C@H](O[C@@H]8OC[C@@H](O)[C@H](O)[C@H]8O)[C@H]7O[C@@H]7O[C@H](CO)[C@@H](O)[C@H](O)[C@H]7O)[C@H](O)[C@H]6O)[C@H](O)C[C@]5(C)[C@H]4CC[C@]3(C)[C@H]1[C@@H]2C. The normalized spacial score (nSPS) is 57.1. The van der Waals surface area contributed by atoms with Crippen LogP contribution in [-0.2, 0) is 47.4 Å². The fourth-order valence-electron chi connectivity index (χ4n) is 15.3. The second-order valence-electron chi connectivity index (χ2n) is 23.6. The molecule has 418 valence electrons. The van der Waals surface area contributed by atoms with E-state index in [1.165, 1.54) is 0 Å². The molecule has 6 saturated heterocycles. The minimum Gasteiger partial charge on any atom is -0.394 e. The van der Waals surface area contributed by atoms with E-state index in [2.05, 4.69) is 33.8 Å². The standard InChI is InChI=1S/C50H80O23/c1-19-7-10-50(65-17-19)20(2)32-28(73-50)12-24-22-6-5-21-11-27(25(54)13-49(21,4)23(22)8-9-48(24,32)3)66-45-40(63)37(60)41(31(16-53)69-45)70-47-43(72-46-39(62)36(59)34(57)29(14-51)67-46)42(35(58)30(15-52)68-47)71-44-38(61)33(56)26(55)18-64-44/h5,19-20,22-47,51-63H,6-18H2,1-4H3/t19-,20+,22-,23+,24+,25-,26-,27-,28+,29-,30-,31-,32+,33+,34-,35-,36+,37-,38-,39-,40-,41+,42+,43-,44+,45-,46+,47+,48+,49+,50-/m1/s1. The van der Waals surface area contributed by atoms with Gasteiger partial charge in [-0.3, -0.25) is 0 Å². The summed E-state index contributed by atoms with van der Waals surface area (Å²) < 4.78 is 61.0. The Morgan fingerprint density at radius 2 is 1.23 bits per heavy atom. The Kier molecular flexibility index (Phi) is 16.0. The van der Waals surface area contributed by atoms with Crippen molar-refractivity contribution in [2.45, 2.75) is 220 Å². The van der Waals surface area contributed by atoms with Crippen LogP contribution < -0.4 is 0 Å². The molecule has 10 aliphatic rings. The molecule has 0 aromatic carbocycles. The van der Waals surface area contributed by atoms with E-state index >= 15 is 0 Å². The van der Waals surface area contributed by atoms with E-state index in [0.29, 0.717) is 48.3 Å². The molecule has 9 fully saturated rings. The molecule has 0 radical (unpaired) electrons. The van der Waals surface area contributed by atoms with E-state index in [0.717, 1.165) is 50.7 Å². The van der Waals surface area contributed by atoms with Crippen LogP contribution in [-0.4, -0.2) is 240 Å². The van der Waals surface area contributed by atoms with Crippen LogP contribution in [0.2, 0.25) is 0 Å². The minimum absolute atomic E-state index is 0.101. The van der Waals surface area contributed by atoms with Gasteiger partial charge in [0.1, 0.15) is 91.6 Å². The average Bonchev–Trinajstić information content (AvgIpc) is 3.82. The van der Waals surface area contributed by atoms with Crippen molar-refractivity contribution in [3.63, 3.8) is 0 Å². The average molecular weight is 1050 g/mol. The van der Waals surface area contributed by atoms with Gasteiger partial charge in [0.25, 0.3) is 0 Å². The van der Waals surface area contributed by atoms with Gasteiger partial charge < -0.3 is 114 Å². The van der Waals surface area contributed by atoms with Gasteiger partial charge in [0.05, 0.1) is 51.3 Å². The highest BCUT2D eigenvalue weighted by Gasteiger charge is 2.69. The molecule has 23 heteroatoms. The first kappa shape index (κ1) is 55.1. The van der Waals surface area contributed by atoms with E-state index in [9.17, 15) is 66.4 Å². The third kappa shape index (κ3) is 9.41. The van der Waals surface area contributed by atoms with Gasteiger partial charge in [-0.2, -0.15) is 0 Å². The molecule has 0 aromatic rings. The first-order valence-corrected chi connectivity index (χ1v) is 26.5. The van der Waals surface area contributed by atoms with Crippen molar-refractivity contribution in [3.05, 3.63) is 11.6 Å². The minimum atomic E-state index is -2.02. The van der Waals surface area contributed by atoms with Gasteiger partial charge in [-0.05, 0) is 85.4 Å². The molecule has 3 saturated carbocycles. The molecule has 0 aromatic heterocycles. The van der Waals surface area contributed by atoms with Crippen molar-refractivity contribution >= 4 is 0 Å². The van der Waals surface area contributed by atoms with E-state index in [1.807, 2.05) is 0 Å². The van der Waals surface area contributed by atoms with Crippen LogP contribution in [0.1, 0.15) is 79.1 Å². The second kappa shape index (κ2) is 21.1. The highest BCUT2D eigenvalue weighted by atomic mass is 16.8. The molecule has 0 amide bonds. The summed E-state index contributed by atoms with van der Waals surface area (Å²) in [6.07, 6.45) is -26.6. The lowest BCUT2D eigenvalue weighted by Gasteiger charge is -2.59. The zero-order valence-corrected chi connectivity index (χ0v) is 41.8. The van der Waals surface area contributed by atoms with Gasteiger partial charge in [0.15, 0.2) is 30.9 Å². The Balaban J connectivity index is 0.837. The Hall–Kier alpha value is -1.18. The topological polar surface area (TPSA) is 355 Å². The van der Waals surface area contributed by atoms with E-state index < -0.39 is 161 Å². The Morgan fingerprint density at radius 1 is 0.603 bits per heavy atom. The summed E-state index contributed by atoms with van der Waals surface area (Å²) in [5.41, 5.74) is 0.927. The highest BCUT2D eigenvalue weighted by Crippen LogP contribution is 2.71. The fraction of sp³-hybridized carbons (Fsp3) is 0.960. The maximum absolute atomic E-state index is 11.9. The molecule has 1 spiro atoms. The van der Waals surface area contributed by atoms with Gasteiger partial charge in [-0.25, -0.2) is 0 Å². The molecule has 0 unspecified atom stereocenters. The summed E-state index contributed by atoms with van der Waals surface area (Å²) in [7, 11) is 0. The molecule has 73 heavy (non-hydrogen) atoms. The molecule has 13 N–H and O–H groups in total. The lowest BCUT2D eigenvalue weighted by Crippen LogP contribution is -2.68. The molecule has 4 aliphatic carbocycles. The lowest BCUT2D eigenvalue weighted by atomic mass is 9.46. The van der Waals surface area contributed by atoms with Crippen molar-refractivity contribution < 1.29 is 114 Å². The lowest BCUT2D eigenvalue weighted by molar-refractivity contribution is -0.404. The molecule has 0 bridgehead atoms. The van der Waals surface area contributed by atoms with E-state index in [4.69, 9.17) is 47.4 Å². The van der Waals surface area contributed by atoms with E-state index in [-0.39, 0.29) is 16.9 Å². The van der Waals surface area contributed by atoms with Gasteiger partial charge in [0.2, 0.25) is 0 Å². The number of aliphatic hydroxyl groups excluding tert-OH is 13. The quantitative estimate of drug-likeness (QED) is 0.0898. The molecule has 23 nitrogen and oxygen atoms in total. The van der Waals surface area contributed by atoms with Gasteiger partial charge >= 0.3 is 0 Å². The predicted octanol–water partition coefficient (Wildman–Crippen LogP) is -3.38. The highest BCUT2D eigenvalue weighted by molar-refractivity contribution is 5.27. The zero-order valence-electron chi connectivity index (χ0n) is 41.8. The van der Waals surface area contributed by atoms with Crippen LogP contribution in [0, 0.1) is 46.3 Å². The van der Waals surface area contributed by atoms with Crippen LogP contribution in [0.5, 0.6) is 0 Å². The number of aliphatic hydroxyl groups is 13. The van der Waals surface area contributed by atoms with Gasteiger partial charge in [-0.1, -0.05) is 39.3 Å². The molecule has 6 heterocycles. The van der Waals surface area contributed by atoms with Crippen molar-refractivity contribution in [1.29, 1.82) is 0 Å².